The molecule has 15 nitrogen and oxygen atoms in total. The van der Waals surface area contributed by atoms with Crippen LogP contribution in [-0.2, 0) is 23.7 Å². The second-order valence-electron chi connectivity index (χ2n) is 8.36. The highest BCUT2D eigenvalue weighted by Gasteiger charge is 2.50. The van der Waals surface area contributed by atoms with Crippen molar-refractivity contribution in [2.45, 2.75) is 99.0 Å². The van der Waals surface area contributed by atoms with Crippen molar-refractivity contribution in [1.82, 2.24) is 0 Å². The smallest absolute Gasteiger partial charge is 0.187 e. The molecule has 0 aliphatic carbocycles. The predicted molar refractivity (Wildman–Crippen MR) is 99.8 cm³/mol. The molecule has 3 aliphatic heterocycles. The summed E-state index contributed by atoms with van der Waals surface area (Å²) in [6.07, 6.45) is -23.5. The number of hydrogen-bond donors (Lipinski definition) is 10. The highest BCUT2D eigenvalue weighted by Crippen LogP contribution is 2.29. The first-order valence-corrected chi connectivity index (χ1v) is 10.4. The van der Waals surface area contributed by atoms with E-state index < -0.39 is 105 Å². The van der Waals surface area contributed by atoms with Crippen LogP contribution in [0.15, 0.2) is 0 Å². The number of rotatable bonds is 6. The minimum Gasteiger partial charge on any atom is -0.394 e. The summed E-state index contributed by atoms with van der Waals surface area (Å²) in [5, 5.41) is 99.5. The Morgan fingerprint density at radius 3 is 1.85 bits per heavy atom. The van der Waals surface area contributed by atoms with Crippen molar-refractivity contribution in [1.29, 1.82) is 0 Å². The number of hydrogen-bond acceptors (Lipinski definition) is 15. The van der Waals surface area contributed by atoms with Crippen molar-refractivity contribution in [3.63, 3.8) is 0 Å². The van der Waals surface area contributed by atoms with Gasteiger partial charge in [-0.1, -0.05) is 0 Å². The molecule has 33 heavy (non-hydrogen) atoms. The van der Waals surface area contributed by atoms with Gasteiger partial charge >= 0.3 is 0 Å². The molecule has 0 amide bonds. The zero-order valence-electron chi connectivity index (χ0n) is 17.6. The number of aliphatic hydroxyl groups is 10. The molecule has 0 saturated carbocycles. The lowest BCUT2D eigenvalue weighted by Gasteiger charge is -2.45. The standard InChI is InChI=1S/C18H32O15/c1-4-7(20)10(23)13(26)18(30-4)33-15-9(22)6(31-16(28)14(15)27)3-29-17-12(25)11(24)8(21)5(2-19)32-17/h4-28H,2-3H2,1H3/t4-,5+,6+,7-,8+,9+,10+,11-,12+,13+,14+,15-,16?,17+,18-/m0/s1. The number of aliphatic hydroxyl groups excluding tert-OH is 10. The lowest BCUT2D eigenvalue weighted by Crippen LogP contribution is -2.64. The summed E-state index contributed by atoms with van der Waals surface area (Å²) in [5.74, 6) is 0. The molecule has 0 bridgehead atoms. The van der Waals surface area contributed by atoms with Crippen molar-refractivity contribution < 1.29 is 74.7 Å². The monoisotopic (exact) mass is 488 g/mol. The number of ether oxygens (including phenoxy) is 5. The predicted octanol–water partition coefficient (Wildman–Crippen LogP) is -6.55. The van der Waals surface area contributed by atoms with Crippen LogP contribution in [-0.4, -0.2) is 156 Å². The van der Waals surface area contributed by atoms with Gasteiger partial charge in [0, 0.05) is 0 Å². The Hall–Kier alpha value is -0.600. The van der Waals surface area contributed by atoms with E-state index in [9.17, 15) is 51.1 Å². The van der Waals surface area contributed by atoms with Gasteiger partial charge in [-0.05, 0) is 6.92 Å². The van der Waals surface area contributed by atoms with Crippen LogP contribution < -0.4 is 0 Å². The molecule has 3 heterocycles. The van der Waals surface area contributed by atoms with Crippen molar-refractivity contribution in [3.05, 3.63) is 0 Å². The van der Waals surface area contributed by atoms with Gasteiger partial charge < -0.3 is 74.7 Å². The summed E-state index contributed by atoms with van der Waals surface area (Å²) in [6, 6.07) is 0. The fourth-order valence-corrected chi connectivity index (χ4v) is 3.89. The topological polar surface area (TPSA) is 248 Å². The van der Waals surface area contributed by atoms with E-state index in [4.69, 9.17) is 23.7 Å². The van der Waals surface area contributed by atoms with Gasteiger partial charge in [0.15, 0.2) is 18.9 Å². The van der Waals surface area contributed by atoms with Gasteiger partial charge in [0.25, 0.3) is 0 Å². The van der Waals surface area contributed by atoms with Crippen LogP contribution in [0.25, 0.3) is 0 Å². The third-order valence-corrected chi connectivity index (χ3v) is 6.03. The van der Waals surface area contributed by atoms with Crippen LogP contribution >= 0.6 is 0 Å². The average Bonchev–Trinajstić information content (AvgIpc) is 2.79. The quantitative estimate of drug-likeness (QED) is 0.167. The maximum atomic E-state index is 10.6. The van der Waals surface area contributed by atoms with Crippen LogP contribution in [0, 0.1) is 0 Å². The fraction of sp³-hybridized carbons (Fsp3) is 1.00. The van der Waals surface area contributed by atoms with Crippen LogP contribution in [0.4, 0.5) is 0 Å². The molecule has 194 valence electrons. The molecule has 15 heteroatoms. The lowest BCUT2D eigenvalue weighted by atomic mass is 9.97. The van der Waals surface area contributed by atoms with E-state index in [0.717, 1.165) is 0 Å². The molecule has 0 aromatic heterocycles. The Morgan fingerprint density at radius 2 is 1.21 bits per heavy atom. The summed E-state index contributed by atoms with van der Waals surface area (Å²) < 4.78 is 26.3. The third kappa shape index (κ3) is 5.48. The van der Waals surface area contributed by atoms with Crippen LogP contribution in [0.2, 0.25) is 0 Å². The summed E-state index contributed by atoms with van der Waals surface area (Å²) in [7, 11) is 0. The van der Waals surface area contributed by atoms with E-state index in [1.165, 1.54) is 6.92 Å². The molecule has 0 aromatic carbocycles. The molecule has 0 radical (unpaired) electrons. The molecule has 0 spiro atoms. The van der Waals surface area contributed by atoms with E-state index in [1.807, 2.05) is 0 Å². The van der Waals surface area contributed by atoms with E-state index in [-0.39, 0.29) is 0 Å². The van der Waals surface area contributed by atoms with Gasteiger partial charge in [0.1, 0.15) is 67.1 Å². The first kappa shape index (κ1) is 27.0. The molecule has 3 rings (SSSR count). The first-order chi connectivity index (χ1) is 15.5. The summed E-state index contributed by atoms with van der Waals surface area (Å²) in [6.45, 7) is 0.148. The highest BCUT2D eigenvalue weighted by atomic mass is 16.7. The molecule has 3 saturated heterocycles. The highest BCUT2D eigenvalue weighted by molar-refractivity contribution is 4.94. The Kier molecular flexibility index (Phi) is 8.99. The molecular weight excluding hydrogens is 456 g/mol. The van der Waals surface area contributed by atoms with Crippen molar-refractivity contribution in [3.8, 4) is 0 Å². The molecule has 15 atom stereocenters. The fourth-order valence-electron chi connectivity index (χ4n) is 3.89. The van der Waals surface area contributed by atoms with Gasteiger partial charge in [-0.15, -0.1) is 0 Å². The van der Waals surface area contributed by atoms with E-state index in [2.05, 4.69) is 0 Å². The van der Waals surface area contributed by atoms with Gasteiger partial charge in [-0.25, -0.2) is 0 Å². The lowest BCUT2D eigenvalue weighted by molar-refractivity contribution is -0.359. The minimum absolute atomic E-state index is 0.570. The molecule has 0 aromatic rings. The third-order valence-electron chi connectivity index (χ3n) is 6.03. The summed E-state index contributed by atoms with van der Waals surface area (Å²) >= 11 is 0. The van der Waals surface area contributed by atoms with Crippen molar-refractivity contribution in [2.75, 3.05) is 13.2 Å². The Labute approximate surface area is 187 Å². The largest absolute Gasteiger partial charge is 0.394 e. The second kappa shape index (κ2) is 11.0. The van der Waals surface area contributed by atoms with Crippen molar-refractivity contribution >= 4 is 0 Å². The van der Waals surface area contributed by atoms with Crippen LogP contribution in [0.5, 0.6) is 0 Å². The Morgan fingerprint density at radius 1 is 0.606 bits per heavy atom. The van der Waals surface area contributed by atoms with Gasteiger partial charge in [-0.3, -0.25) is 0 Å². The zero-order valence-corrected chi connectivity index (χ0v) is 17.6. The van der Waals surface area contributed by atoms with E-state index in [0.29, 0.717) is 0 Å². The van der Waals surface area contributed by atoms with Gasteiger partial charge in [0.05, 0.1) is 19.3 Å². The zero-order chi connectivity index (χ0) is 24.6. The SMILES string of the molecule is C[C@@H]1O[C@@H](O[C@H]2[C@H](O)[C@@H](CO[C@@H]3O[C@H](CO)[C@@H](O)[C@H](O)[C@H]3O)OC(O)[C@@H]2O)[C@H](O)[C@H](O)[C@H]1O. The minimum atomic E-state index is -1.88. The molecule has 3 aliphatic rings. The van der Waals surface area contributed by atoms with E-state index >= 15 is 0 Å². The molecule has 10 N–H and O–H groups in total. The maximum absolute atomic E-state index is 10.6. The summed E-state index contributed by atoms with van der Waals surface area (Å²) in [4.78, 5) is 0. The molecular formula is C18H32O15. The van der Waals surface area contributed by atoms with Gasteiger partial charge in [-0.2, -0.15) is 0 Å². The second-order valence-corrected chi connectivity index (χ2v) is 8.36. The first-order valence-electron chi connectivity index (χ1n) is 10.4. The van der Waals surface area contributed by atoms with Crippen LogP contribution in [0.3, 0.4) is 0 Å². The molecule has 1 unspecified atom stereocenters. The normalized spacial score (nSPS) is 53.7. The Balaban J connectivity index is 1.64. The maximum Gasteiger partial charge on any atom is 0.187 e. The van der Waals surface area contributed by atoms with Crippen LogP contribution in [0.1, 0.15) is 6.92 Å². The average molecular weight is 488 g/mol. The summed E-state index contributed by atoms with van der Waals surface area (Å²) in [5.41, 5.74) is 0. The Bertz CT molecular complexity index is 624. The molecule has 3 fully saturated rings. The van der Waals surface area contributed by atoms with Crippen molar-refractivity contribution in [2.24, 2.45) is 0 Å². The van der Waals surface area contributed by atoms with Gasteiger partial charge in [0.2, 0.25) is 0 Å². The van der Waals surface area contributed by atoms with E-state index in [1.54, 1.807) is 0 Å².